The summed E-state index contributed by atoms with van der Waals surface area (Å²) in [5.41, 5.74) is 3.01. The van der Waals surface area contributed by atoms with Gasteiger partial charge in [-0.2, -0.15) is 5.26 Å². The fraction of sp³-hybridized carbons (Fsp3) is 0.278. The van der Waals surface area contributed by atoms with Crippen molar-refractivity contribution in [3.63, 3.8) is 0 Å². The molecule has 0 aliphatic rings. The van der Waals surface area contributed by atoms with Crippen LogP contribution in [0.2, 0.25) is 0 Å². The number of hydrogen-bond acceptors (Lipinski definition) is 5. The Morgan fingerprint density at radius 1 is 1.24 bits per heavy atom. The molecule has 3 rings (SSSR count). The van der Waals surface area contributed by atoms with E-state index in [9.17, 15) is 4.39 Å². The molecule has 0 aliphatic heterocycles. The number of pyridine rings is 1. The minimum absolute atomic E-state index is 0.303. The summed E-state index contributed by atoms with van der Waals surface area (Å²) in [5, 5.41) is 8.71. The highest BCUT2D eigenvalue weighted by Gasteiger charge is 2.13. The number of aryl methyl sites for hydroxylation is 1. The normalized spacial score (nSPS) is 11.0. The predicted molar refractivity (Wildman–Crippen MR) is 94.9 cm³/mol. The first kappa shape index (κ1) is 16.9. The lowest BCUT2D eigenvalue weighted by Gasteiger charge is -2.20. The highest BCUT2D eigenvalue weighted by atomic mass is 19.1. The zero-order chi connectivity index (χ0) is 18.0. The number of hydrogen-bond donors (Lipinski definition) is 0. The summed E-state index contributed by atoms with van der Waals surface area (Å²) in [6.45, 7) is 0.825. The third-order valence-corrected chi connectivity index (χ3v) is 4.11. The Balaban J connectivity index is 1.87. The fourth-order valence-corrected chi connectivity index (χ4v) is 2.74. The van der Waals surface area contributed by atoms with Crippen molar-refractivity contribution in [2.45, 2.75) is 6.54 Å². The molecule has 2 aromatic heterocycles. The molecule has 0 spiro atoms. The van der Waals surface area contributed by atoms with E-state index in [2.05, 4.69) is 16.0 Å². The van der Waals surface area contributed by atoms with Crippen LogP contribution in [0.15, 0.2) is 36.8 Å². The average Bonchev–Trinajstić information content (AvgIpc) is 2.95. The molecule has 6 nitrogen and oxygen atoms in total. The van der Waals surface area contributed by atoms with Gasteiger partial charge in [-0.15, -0.1) is 0 Å². The SMILES string of the molecule is CN(CC#N)Cc1ccc(N(C)c2cc3c(cn2)ncn3C)c(F)c1. The second kappa shape index (κ2) is 6.87. The van der Waals surface area contributed by atoms with Gasteiger partial charge in [0.25, 0.3) is 0 Å². The topological polar surface area (TPSA) is 61.0 Å². The summed E-state index contributed by atoms with van der Waals surface area (Å²) in [5.74, 6) is 0.321. The third kappa shape index (κ3) is 3.44. The van der Waals surface area contributed by atoms with E-state index in [0.717, 1.165) is 16.6 Å². The van der Waals surface area contributed by atoms with Gasteiger partial charge in [0.15, 0.2) is 0 Å². The van der Waals surface area contributed by atoms with E-state index < -0.39 is 0 Å². The lowest BCUT2D eigenvalue weighted by molar-refractivity contribution is 0.367. The molecule has 0 saturated heterocycles. The fourth-order valence-electron chi connectivity index (χ4n) is 2.74. The molecular weight excluding hydrogens is 319 g/mol. The first-order valence-electron chi connectivity index (χ1n) is 7.84. The summed E-state index contributed by atoms with van der Waals surface area (Å²) >= 11 is 0. The molecule has 7 heteroatoms. The van der Waals surface area contributed by atoms with Crippen molar-refractivity contribution in [2.75, 3.05) is 25.5 Å². The van der Waals surface area contributed by atoms with Gasteiger partial charge in [0.05, 0.1) is 36.3 Å². The number of nitriles is 1. The molecule has 2 heterocycles. The van der Waals surface area contributed by atoms with Gasteiger partial charge in [-0.1, -0.05) is 6.07 Å². The standard InChI is InChI=1S/C18H19FN6/c1-23(7-6-20)11-13-4-5-16(14(19)8-13)25(3)18-9-17-15(10-21-18)22-12-24(17)2/h4-5,8-10,12H,7,11H2,1-3H3. The van der Waals surface area contributed by atoms with E-state index in [1.54, 1.807) is 30.5 Å². The summed E-state index contributed by atoms with van der Waals surface area (Å²) in [4.78, 5) is 12.2. The smallest absolute Gasteiger partial charge is 0.147 e. The molecule has 0 radical (unpaired) electrons. The molecule has 0 fully saturated rings. The molecule has 1 aromatic carbocycles. The van der Waals surface area contributed by atoms with Gasteiger partial charge < -0.3 is 9.47 Å². The van der Waals surface area contributed by atoms with E-state index in [-0.39, 0.29) is 5.82 Å². The Hall–Kier alpha value is -2.98. The van der Waals surface area contributed by atoms with Crippen LogP contribution in [0.25, 0.3) is 11.0 Å². The van der Waals surface area contributed by atoms with Crippen LogP contribution in [0.4, 0.5) is 15.9 Å². The summed E-state index contributed by atoms with van der Waals surface area (Å²) < 4.78 is 16.5. The van der Waals surface area contributed by atoms with Crippen LogP contribution in [0.3, 0.4) is 0 Å². The maximum atomic E-state index is 14.6. The van der Waals surface area contributed by atoms with E-state index in [4.69, 9.17) is 5.26 Å². The summed E-state index contributed by atoms with van der Waals surface area (Å²) in [6.07, 6.45) is 3.41. The summed E-state index contributed by atoms with van der Waals surface area (Å²) in [7, 11) is 5.52. The van der Waals surface area contributed by atoms with Gasteiger partial charge in [-0.3, -0.25) is 4.90 Å². The molecule has 3 aromatic rings. The van der Waals surface area contributed by atoms with E-state index >= 15 is 0 Å². The first-order valence-corrected chi connectivity index (χ1v) is 7.84. The lowest BCUT2D eigenvalue weighted by Crippen LogP contribution is -2.18. The number of imidazole rings is 1. The number of benzene rings is 1. The van der Waals surface area contributed by atoms with E-state index in [1.807, 2.05) is 35.7 Å². The molecule has 128 valence electrons. The van der Waals surface area contributed by atoms with Crippen molar-refractivity contribution in [1.82, 2.24) is 19.4 Å². The molecule has 0 aliphatic carbocycles. The average molecular weight is 338 g/mol. The molecular formula is C18H19FN6. The highest BCUT2D eigenvalue weighted by Crippen LogP contribution is 2.27. The Labute approximate surface area is 145 Å². The zero-order valence-electron chi connectivity index (χ0n) is 14.4. The van der Waals surface area contributed by atoms with Gasteiger partial charge in [-0.05, 0) is 24.7 Å². The Bertz CT molecular complexity index is 942. The quantitative estimate of drug-likeness (QED) is 0.670. The second-order valence-electron chi connectivity index (χ2n) is 6.06. The zero-order valence-corrected chi connectivity index (χ0v) is 14.4. The van der Waals surface area contributed by atoms with E-state index in [1.165, 1.54) is 6.07 Å². The molecule has 0 unspecified atom stereocenters. The van der Waals surface area contributed by atoms with Crippen LogP contribution in [-0.2, 0) is 13.6 Å². The van der Waals surface area contributed by atoms with Gasteiger partial charge in [-0.25, -0.2) is 14.4 Å². The van der Waals surface area contributed by atoms with Crippen LogP contribution in [0, 0.1) is 17.1 Å². The van der Waals surface area contributed by atoms with E-state index in [0.29, 0.717) is 24.6 Å². The number of aromatic nitrogens is 3. The number of fused-ring (bicyclic) bond motifs is 1. The molecule has 25 heavy (non-hydrogen) atoms. The minimum Gasteiger partial charge on any atom is -0.334 e. The number of rotatable bonds is 5. The molecule has 0 bridgehead atoms. The maximum absolute atomic E-state index is 14.6. The highest BCUT2D eigenvalue weighted by molar-refractivity contribution is 5.78. The Morgan fingerprint density at radius 2 is 2.04 bits per heavy atom. The van der Waals surface area contributed by atoms with Gasteiger partial charge >= 0.3 is 0 Å². The van der Waals surface area contributed by atoms with Crippen LogP contribution in [-0.4, -0.2) is 40.1 Å². The molecule has 0 saturated carbocycles. The van der Waals surface area contributed by atoms with Gasteiger partial charge in [0.1, 0.15) is 17.2 Å². The van der Waals surface area contributed by atoms with Crippen molar-refractivity contribution in [2.24, 2.45) is 7.05 Å². The third-order valence-electron chi connectivity index (χ3n) is 4.11. The summed E-state index contributed by atoms with van der Waals surface area (Å²) in [6, 6.07) is 9.07. The lowest BCUT2D eigenvalue weighted by atomic mass is 10.1. The maximum Gasteiger partial charge on any atom is 0.147 e. The van der Waals surface area contributed by atoms with Crippen molar-refractivity contribution in [3.8, 4) is 6.07 Å². The van der Waals surface area contributed by atoms with Gasteiger partial charge in [0.2, 0.25) is 0 Å². The van der Waals surface area contributed by atoms with Crippen molar-refractivity contribution >= 4 is 22.5 Å². The Kier molecular flexibility index (Phi) is 4.63. The molecule has 0 amide bonds. The first-order chi connectivity index (χ1) is 12.0. The second-order valence-corrected chi connectivity index (χ2v) is 6.06. The minimum atomic E-state index is -0.322. The van der Waals surface area contributed by atoms with Crippen molar-refractivity contribution in [3.05, 3.63) is 48.2 Å². The van der Waals surface area contributed by atoms with Gasteiger partial charge in [0, 0.05) is 26.7 Å². The van der Waals surface area contributed by atoms with Crippen LogP contribution < -0.4 is 4.90 Å². The van der Waals surface area contributed by atoms with Crippen LogP contribution in [0.5, 0.6) is 0 Å². The number of nitrogens with zero attached hydrogens (tertiary/aromatic N) is 6. The van der Waals surface area contributed by atoms with Crippen molar-refractivity contribution < 1.29 is 4.39 Å². The monoisotopic (exact) mass is 338 g/mol. The van der Waals surface area contributed by atoms with Crippen LogP contribution >= 0.6 is 0 Å². The predicted octanol–water partition coefficient (Wildman–Crippen LogP) is 2.83. The largest absolute Gasteiger partial charge is 0.334 e. The molecule has 0 atom stereocenters. The number of anilines is 2. The van der Waals surface area contributed by atoms with Crippen molar-refractivity contribution in [1.29, 1.82) is 5.26 Å². The van der Waals surface area contributed by atoms with Crippen LogP contribution in [0.1, 0.15) is 5.56 Å². The Morgan fingerprint density at radius 3 is 2.76 bits per heavy atom. The number of halogens is 1. The molecule has 0 N–H and O–H groups in total.